The quantitative estimate of drug-likeness (QED) is 0.458. The highest BCUT2D eigenvalue weighted by Gasteiger charge is 2.13. The van der Waals surface area contributed by atoms with Gasteiger partial charge in [-0.2, -0.15) is 0 Å². The summed E-state index contributed by atoms with van der Waals surface area (Å²) in [6, 6.07) is 0. The van der Waals surface area contributed by atoms with Gasteiger partial charge in [-0.1, -0.05) is 6.32 Å². The van der Waals surface area contributed by atoms with Crippen molar-refractivity contribution in [2.75, 3.05) is 20.1 Å². The lowest BCUT2D eigenvalue weighted by atomic mass is 9.84. The summed E-state index contributed by atoms with van der Waals surface area (Å²) in [5.41, 5.74) is 0. The first-order valence-electron chi connectivity index (χ1n) is 4.01. The van der Waals surface area contributed by atoms with E-state index >= 15 is 0 Å². The maximum absolute atomic E-state index is 2.42. The second-order valence-corrected chi connectivity index (χ2v) is 3.15. The van der Waals surface area contributed by atoms with Gasteiger partial charge >= 0.3 is 0 Å². The second kappa shape index (κ2) is 3.26. The Kier molecular flexibility index (Phi) is 2.58. The molecule has 1 aliphatic heterocycles. The molecule has 0 saturated carbocycles. The standard InChI is InChI=1S/C7H16BN/c1-9-4-2-7(6-8)3-5-9/h7H,2-6,8H2,1H3. The summed E-state index contributed by atoms with van der Waals surface area (Å²) < 4.78 is 0. The van der Waals surface area contributed by atoms with Crippen LogP contribution in [-0.4, -0.2) is 32.9 Å². The number of piperidine rings is 1. The third-order valence-corrected chi connectivity index (χ3v) is 2.42. The van der Waals surface area contributed by atoms with Crippen molar-refractivity contribution in [2.24, 2.45) is 5.92 Å². The van der Waals surface area contributed by atoms with Crippen molar-refractivity contribution in [1.82, 2.24) is 4.90 Å². The van der Waals surface area contributed by atoms with Gasteiger partial charge in [-0.05, 0) is 38.9 Å². The molecule has 0 spiro atoms. The average Bonchev–Trinajstić information content (AvgIpc) is 1.90. The smallest absolute Gasteiger partial charge is 0.101 e. The van der Waals surface area contributed by atoms with E-state index in [9.17, 15) is 0 Å². The summed E-state index contributed by atoms with van der Waals surface area (Å²) in [6.45, 7) is 2.64. The van der Waals surface area contributed by atoms with Gasteiger partial charge in [0.1, 0.15) is 7.85 Å². The van der Waals surface area contributed by atoms with E-state index in [1.54, 1.807) is 0 Å². The monoisotopic (exact) mass is 125 g/mol. The van der Waals surface area contributed by atoms with Gasteiger partial charge in [-0.25, -0.2) is 0 Å². The number of nitrogens with zero attached hydrogens (tertiary/aromatic N) is 1. The van der Waals surface area contributed by atoms with E-state index in [1.165, 1.54) is 32.3 Å². The van der Waals surface area contributed by atoms with Crippen LogP contribution in [-0.2, 0) is 0 Å². The Morgan fingerprint density at radius 2 is 2.00 bits per heavy atom. The maximum atomic E-state index is 2.42. The van der Waals surface area contributed by atoms with Crippen LogP contribution in [0.25, 0.3) is 0 Å². The third-order valence-electron chi connectivity index (χ3n) is 2.42. The summed E-state index contributed by atoms with van der Waals surface area (Å²) in [7, 11) is 4.52. The maximum Gasteiger partial charge on any atom is 0.101 e. The van der Waals surface area contributed by atoms with Crippen molar-refractivity contribution in [1.29, 1.82) is 0 Å². The number of rotatable bonds is 1. The Labute approximate surface area is 58.8 Å². The first kappa shape index (κ1) is 7.14. The van der Waals surface area contributed by atoms with Gasteiger partial charge in [0.2, 0.25) is 0 Å². The van der Waals surface area contributed by atoms with Crippen molar-refractivity contribution < 1.29 is 0 Å². The van der Waals surface area contributed by atoms with Gasteiger partial charge in [-0.15, -0.1) is 0 Å². The van der Waals surface area contributed by atoms with Gasteiger partial charge in [0.15, 0.2) is 0 Å². The molecule has 0 N–H and O–H groups in total. The highest BCUT2D eigenvalue weighted by atomic mass is 15.1. The lowest BCUT2D eigenvalue weighted by molar-refractivity contribution is 0.230. The van der Waals surface area contributed by atoms with Crippen LogP contribution >= 0.6 is 0 Å². The molecule has 52 valence electrons. The van der Waals surface area contributed by atoms with Crippen LogP contribution in [0.3, 0.4) is 0 Å². The molecule has 0 aromatic rings. The van der Waals surface area contributed by atoms with Crippen molar-refractivity contribution in [3.05, 3.63) is 0 Å². The Hall–Kier alpha value is 0.0249. The lowest BCUT2D eigenvalue weighted by Crippen LogP contribution is -2.29. The first-order valence-corrected chi connectivity index (χ1v) is 4.01. The summed E-state index contributed by atoms with van der Waals surface area (Å²) in [5, 5.41) is 0. The number of likely N-dealkylation sites (tertiary alicyclic amines) is 1. The zero-order valence-corrected chi connectivity index (χ0v) is 6.56. The molecule has 0 atom stereocenters. The normalized spacial score (nSPS) is 24.6. The van der Waals surface area contributed by atoms with E-state index in [2.05, 4.69) is 19.8 Å². The molecule has 0 aliphatic carbocycles. The SMILES string of the molecule is BCC1CCN(C)CC1. The van der Waals surface area contributed by atoms with Gasteiger partial charge in [-0.3, -0.25) is 0 Å². The number of hydrogen-bond donors (Lipinski definition) is 0. The largest absolute Gasteiger partial charge is 0.306 e. The van der Waals surface area contributed by atoms with Crippen LogP contribution in [0, 0.1) is 5.92 Å². The summed E-state index contributed by atoms with van der Waals surface area (Å²) in [5.74, 6) is 1.03. The van der Waals surface area contributed by atoms with Crippen LogP contribution in [0.15, 0.2) is 0 Å². The van der Waals surface area contributed by atoms with Crippen LogP contribution in [0.2, 0.25) is 6.32 Å². The molecule has 1 fully saturated rings. The lowest BCUT2D eigenvalue weighted by Gasteiger charge is -2.27. The molecule has 0 bridgehead atoms. The number of hydrogen-bond acceptors (Lipinski definition) is 1. The molecule has 0 amide bonds. The van der Waals surface area contributed by atoms with E-state index in [1.807, 2.05) is 0 Å². The fourth-order valence-electron chi connectivity index (χ4n) is 1.47. The van der Waals surface area contributed by atoms with Crippen LogP contribution in [0.1, 0.15) is 12.8 Å². The minimum atomic E-state index is 1.03. The molecule has 0 unspecified atom stereocenters. The molecule has 0 aromatic heterocycles. The van der Waals surface area contributed by atoms with E-state index in [0.717, 1.165) is 5.92 Å². The molecule has 0 radical (unpaired) electrons. The van der Waals surface area contributed by atoms with E-state index in [0.29, 0.717) is 0 Å². The first-order chi connectivity index (χ1) is 4.33. The molecular formula is C7H16BN. The van der Waals surface area contributed by atoms with Crippen molar-refractivity contribution in [3.8, 4) is 0 Å². The van der Waals surface area contributed by atoms with Gasteiger partial charge in [0.25, 0.3) is 0 Å². The highest BCUT2D eigenvalue weighted by Crippen LogP contribution is 2.17. The average molecular weight is 125 g/mol. The zero-order chi connectivity index (χ0) is 6.69. The summed E-state index contributed by atoms with van der Waals surface area (Å²) in [4.78, 5) is 2.42. The van der Waals surface area contributed by atoms with Crippen molar-refractivity contribution in [3.63, 3.8) is 0 Å². The molecular weight excluding hydrogens is 109 g/mol. The highest BCUT2D eigenvalue weighted by molar-refractivity contribution is 6.08. The Morgan fingerprint density at radius 3 is 2.44 bits per heavy atom. The van der Waals surface area contributed by atoms with E-state index in [-0.39, 0.29) is 0 Å². The van der Waals surface area contributed by atoms with Crippen LogP contribution < -0.4 is 0 Å². The molecule has 2 heteroatoms. The fourth-order valence-corrected chi connectivity index (χ4v) is 1.47. The fraction of sp³-hybridized carbons (Fsp3) is 1.00. The van der Waals surface area contributed by atoms with Crippen LogP contribution in [0.5, 0.6) is 0 Å². The van der Waals surface area contributed by atoms with Crippen molar-refractivity contribution in [2.45, 2.75) is 19.2 Å². The van der Waals surface area contributed by atoms with Gasteiger partial charge < -0.3 is 4.90 Å². The Bertz CT molecular complexity index is 77.0. The molecule has 1 heterocycles. The Morgan fingerprint density at radius 1 is 1.44 bits per heavy atom. The van der Waals surface area contributed by atoms with E-state index < -0.39 is 0 Å². The third kappa shape index (κ3) is 2.01. The van der Waals surface area contributed by atoms with Gasteiger partial charge in [0.05, 0.1) is 0 Å². The summed E-state index contributed by atoms with van der Waals surface area (Å²) in [6.07, 6.45) is 4.23. The molecule has 0 aromatic carbocycles. The molecule has 1 rings (SSSR count). The van der Waals surface area contributed by atoms with Crippen LogP contribution in [0.4, 0.5) is 0 Å². The minimum Gasteiger partial charge on any atom is -0.306 e. The zero-order valence-electron chi connectivity index (χ0n) is 6.56. The van der Waals surface area contributed by atoms with E-state index in [4.69, 9.17) is 0 Å². The molecule has 1 nitrogen and oxygen atoms in total. The predicted octanol–water partition coefficient (Wildman–Crippen LogP) is 0.380. The summed E-state index contributed by atoms with van der Waals surface area (Å²) >= 11 is 0. The van der Waals surface area contributed by atoms with Crippen molar-refractivity contribution >= 4 is 7.85 Å². The topological polar surface area (TPSA) is 3.24 Å². The van der Waals surface area contributed by atoms with Gasteiger partial charge in [0, 0.05) is 0 Å². The predicted molar refractivity (Wildman–Crippen MR) is 43.6 cm³/mol. The molecule has 9 heavy (non-hydrogen) atoms. The molecule has 1 aliphatic rings. The minimum absolute atomic E-state index is 1.03. The molecule has 1 saturated heterocycles. The Balaban J connectivity index is 2.18. The second-order valence-electron chi connectivity index (χ2n) is 3.15.